The SMILES string of the molecule is Cc1cc(C(=O)NCC2COCCN2)on1. The van der Waals surface area contributed by atoms with E-state index in [2.05, 4.69) is 15.8 Å². The number of ether oxygens (including phenoxy) is 1. The Hall–Kier alpha value is -1.40. The molecule has 2 N–H and O–H groups in total. The zero-order valence-electron chi connectivity index (χ0n) is 9.16. The van der Waals surface area contributed by atoms with Crippen molar-refractivity contribution in [3.8, 4) is 0 Å². The Bertz CT molecular complexity index is 358. The first kappa shape index (κ1) is 11.1. The third-order valence-corrected chi connectivity index (χ3v) is 2.36. The fraction of sp³-hybridized carbons (Fsp3) is 0.600. The number of hydrogen-bond acceptors (Lipinski definition) is 5. The van der Waals surface area contributed by atoms with Crippen molar-refractivity contribution in [3.63, 3.8) is 0 Å². The van der Waals surface area contributed by atoms with E-state index in [1.54, 1.807) is 13.0 Å². The first-order valence-corrected chi connectivity index (χ1v) is 5.28. The van der Waals surface area contributed by atoms with Crippen molar-refractivity contribution in [1.29, 1.82) is 0 Å². The molecule has 1 aromatic rings. The minimum atomic E-state index is -0.243. The lowest BCUT2D eigenvalue weighted by Crippen LogP contribution is -2.48. The first-order valence-electron chi connectivity index (χ1n) is 5.28. The molecule has 1 atom stereocenters. The second-order valence-corrected chi connectivity index (χ2v) is 3.77. The predicted molar refractivity (Wildman–Crippen MR) is 56.2 cm³/mol. The minimum Gasteiger partial charge on any atom is -0.378 e. The Morgan fingerprint density at radius 1 is 1.75 bits per heavy atom. The molecule has 2 heterocycles. The lowest BCUT2D eigenvalue weighted by atomic mass is 10.2. The van der Waals surface area contributed by atoms with Crippen LogP contribution in [0.15, 0.2) is 10.6 Å². The summed E-state index contributed by atoms with van der Waals surface area (Å²) in [5.41, 5.74) is 0.698. The summed E-state index contributed by atoms with van der Waals surface area (Å²) in [4.78, 5) is 11.6. The van der Waals surface area contributed by atoms with Crippen molar-refractivity contribution >= 4 is 5.91 Å². The van der Waals surface area contributed by atoms with Crippen LogP contribution >= 0.6 is 0 Å². The molecule has 0 radical (unpaired) electrons. The number of aryl methyl sites for hydroxylation is 1. The Kier molecular flexibility index (Phi) is 3.53. The second kappa shape index (κ2) is 5.09. The van der Waals surface area contributed by atoms with Crippen LogP contribution in [0.2, 0.25) is 0 Å². The molecule has 1 unspecified atom stereocenters. The molecule has 6 heteroatoms. The fourth-order valence-corrected chi connectivity index (χ4v) is 1.52. The lowest BCUT2D eigenvalue weighted by molar-refractivity contribution is 0.0725. The van der Waals surface area contributed by atoms with Crippen molar-refractivity contribution in [2.75, 3.05) is 26.3 Å². The van der Waals surface area contributed by atoms with Gasteiger partial charge in [0.05, 0.1) is 18.9 Å². The normalized spacial score (nSPS) is 20.7. The van der Waals surface area contributed by atoms with E-state index in [4.69, 9.17) is 9.26 Å². The zero-order valence-corrected chi connectivity index (χ0v) is 9.16. The standard InChI is InChI=1S/C10H15N3O3/c1-7-4-9(16-13-7)10(14)12-5-8-6-15-3-2-11-8/h4,8,11H,2-3,5-6H2,1H3,(H,12,14). The summed E-state index contributed by atoms with van der Waals surface area (Å²) in [5.74, 6) is 0.00204. The predicted octanol–water partition coefficient (Wildman–Crippen LogP) is -0.299. The van der Waals surface area contributed by atoms with E-state index < -0.39 is 0 Å². The average Bonchev–Trinajstić information content (AvgIpc) is 2.74. The Morgan fingerprint density at radius 3 is 3.25 bits per heavy atom. The number of aromatic nitrogens is 1. The maximum absolute atomic E-state index is 11.6. The highest BCUT2D eigenvalue weighted by atomic mass is 16.5. The molecular formula is C10H15N3O3. The van der Waals surface area contributed by atoms with Crippen LogP contribution in [0.5, 0.6) is 0 Å². The summed E-state index contributed by atoms with van der Waals surface area (Å²) in [6.07, 6.45) is 0. The first-order chi connectivity index (χ1) is 7.75. The molecule has 1 aliphatic rings. The molecule has 16 heavy (non-hydrogen) atoms. The molecular weight excluding hydrogens is 210 g/mol. The van der Waals surface area contributed by atoms with E-state index in [1.165, 1.54) is 0 Å². The summed E-state index contributed by atoms with van der Waals surface area (Å²) in [6, 6.07) is 1.78. The molecule has 1 aliphatic heterocycles. The van der Waals surface area contributed by atoms with Gasteiger partial charge in [0.1, 0.15) is 0 Å². The van der Waals surface area contributed by atoms with Crippen molar-refractivity contribution in [2.24, 2.45) is 0 Å². The zero-order chi connectivity index (χ0) is 11.4. The van der Waals surface area contributed by atoms with E-state index in [0.29, 0.717) is 18.8 Å². The summed E-state index contributed by atoms with van der Waals surface area (Å²) in [6.45, 7) is 4.47. The summed E-state index contributed by atoms with van der Waals surface area (Å²) < 4.78 is 10.1. The molecule has 0 aliphatic carbocycles. The van der Waals surface area contributed by atoms with Crippen molar-refractivity contribution in [1.82, 2.24) is 15.8 Å². The summed E-state index contributed by atoms with van der Waals surface area (Å²) in [7, 11) is 0. The van der Waals surface area contributed by atoms with Gasteiger partial charge in [-0.15, -0.1) is 0 Å². The molecule has 0 bridgehead atoms. The second-order valence-electron chi connectivity index (χ2n) is 3.77. The van der Waals surface area contributed by atoms with E-state index in [9.17, 15) is 4.79 Å². The highest BCUT2D eigenvalue weighted by Crippen LogP contribution is 2.01. The number of rotatable bonds is 3. The van der Waals surface area contributed by atoms with Crippen LogP contribution in [0.1, 0.15) is 16.2 Å². The molecule has 1 saturated heterocycles. The van der Waals surface area contributed by atoms with Crippen LogP contribution in [-0.2, 0) is 4.74 Å². The molecule has 0 aromatic carbocycles. The Morgan fingerprint density at radius 2 is 2.62 bits per heavy atom. The quantitative estimate of drug-likeness (QED) is 0.738. The molecule has 88 valence electrons. The van der Waals surface area contributed by atoms with E-state index in [-0.39, 0.29) is 17.7 Å². The van der Waals surface area contributed by atoms with E-state index in [0.717, 1.165) is 13.2 Å². The monoisotopic (exact) mass is 225 g/mol. The van der Waals surface area contributed by atoms with Crippen molar-refractivity contribution in [3.05, 3.63) is 17.5 Å². The third kappa shape index (κ3) is 2.80. The van der Waals surface area contributed by atoms with Crippen LogP contribution in [0.3, 0.4) is 0 Å². The smallest absolute Gasteiger partial charge is 0.289 e. The van der Waals surface area contributed by atoms with Gasteiger partial charge in [-0.1, -0.05) is 5.16 Å². The molecule has 0 spiro atoms. The van der Waals surface area contributed by atoms with Gasteiger partial charge in [0, 0.05) is 25.2 Å². The third-order valence-electron chi connectivity index (χ3n) is 2.36. The van der Waals surface area contributed by atoms with Gasteiger partial charge in [0.15, 0.2) is 0 Å². The Balaban J connectivity index is 1.79. The maximum Gasteiger partial charge on any atom is 0.289 e. The van der Waals surface area contributed by atoms with Crippen LogP contribution < -0.4 is 10.6 Å². The largest absolute Gasteiger partial charge is 0.378 e. The van der Waals surface area contributed by atoms with Gasteiger partial charge in [0.25, 0.3) is 5.91 Å². The van der Waals surface area contributed by atoms with Crippen LogP contribution in [0, 0.1) is 6.92 Å². The van der Waals surface area contributed by atoms with Gasteiger partial charge in [-0.25, -0.2) is 0 Å². The highest BCUT2D eigenvalue weighted by molar-refractivity contribution is 5.91. The minimum absolute atomic E-state index is 0.168. The van der Waals surface area contributed by atoms with Crippen molar-refractivity contribution < 1.29 is 14.1 Å². The Labute approximate surface area is 93.3 Å². The number of hydrogen-bond donors (Lipinski definition) is 2. The maximum atomic E-state index is 11.6. The number of carbonyl (C=O) groups is 1. The highest BCUT2D eigenvalue weighted by Gasteiger charge is 2.16. The lowest BCUT2D eigenvalue weighted by Gasteiger charge is -2.23. The molecule has 1 fully saturated rings. The number of morpholine rings is 1. The van der Waals surface area contributed by atoms with Gasteiger partial charge >= 0.3 is 0 Å². The molecule has 1 amide bonds. The number of nitrogens with zero attached hydrogens (tertiary/aromatic N) is 1. The van der Waals surface area contributed by atoms with Gasteiger partial charge in [-0.3, -0.25) is 4.79 Å². The number of carbonyl (C=O) groups excluding carboxylic acids is 1. The number of nitrogens with one attached hydrogen (secondary N) is 2. The van der Waals surface area contributed by atoms with E-state index >= 15 is 0 Å². The van der Waals surface area contributed by atoms with Gasteiger partial charge < -0.3 is 19.9 Å². The average molecular weight is 225 g/mol. The molecule has 6 nitrogen and oxygen atoms in total. The van der Waals surface area contributed by atoms with Gasteiger partial charge in [0.2, 0.25) is 5.76 Å². The summed E-state index contributed by atoms with van der Waals surface area (Å²) >= 11 is 0. The summed E-state index contributed by atoms with van der Waals surface area (Å²) in [5, 5.41) is 9.67. The van der Waals surface area contributed by atoms with Gasteiger partial charge in [-0.05, 0) is 6.92 Å². The molecule has 2 rings (SSSR count). The van der Waals surface area contributed by atoms with E-state index in [1.807, 2.05) is 0 Å². The number of amides is 1. The fourth-order valence-electron chi connectivity index (χ4n) is 1.52. The van der Waals surface area contributed by atoms with Crippen molar-refractivity contribution in [2.45, 2.75) is 13.0 Å². The topological polar surface area (TPSA) is 76.4 Å². The molecule has 1 aromatic heterocycles. The van der Waals surface area contributed by atoms with Gasteiger partial charge in [-0.2, -0.15) is 0 Å². The van der Waals surface area contributed by atoms with Crippen LogP contribution in [0.25, 0.3) is 0 Å². The van der Waals surface area contributed by atoms with Crippen LogP contribution in [0.4, 0.5) is 0 Å². The molecule has 0 saturated carbocycles. The van der Waals surface area contributed by atoms with Crippen LogP contribution in [-0.4, -0.2) is 43.4 Å².